The molecule has 5 N–H and O–H groups in total. The number of carbonyl (C=O) groups excluding carboxylic acids is 1. The standard InChI is InChI=1S/C10H11N5O2S/c11-15-6-1-2-12-8(3-6)9(16)13-4-7-5-18-10(17)14-7/h1-3,5H,4,11H2,(H,12,15)(H,13,16)(H,14,17). The second-order valence-electron chi connectivity index (χ2n) is 3.43. The van der Waals surface area contributed by atoms with Gasteiger partial charge in [0, 0.05) is 17.3 Å². The summed E-state index contributed by atoms with van der Waals surface area (Å²) in [6.07, 6.45) is 1.48. The predicted molar refractivity (Wildman–Crippen MR) is 68.2 cm³/mol. The summed E-state index contributed by atoms with van der Waals surface area (Å²) < 4.78 is 0. The third-order valence-corrected chi connectivity index (χ3v) is 2.89. The van der Waals surface area contributed by atoms with Crippen molar-refractivity contribution in [1.82, 2.24) is 15.3 Å². The number of hydrogen-bond acceptors (Lipinski definition) is 6. The normalized spacial score (nSPS) is 10.1. The van der Waals surface area contributed by atoms with Crippen LogP contribution in [0.2, 0.25) is 0 Å². The van der Waals surface area contributed by atoms with Crippen LogP contribution < -0.4 is 21.5 Å². The predicted octanol–water partition coefficient (Wildman–Crippen LogP) is 0.0470. The molecule has 0 bridgehead atoms. The highest BCUT2D eigenvalue weighted by Crippen LogP contribution is 2.06. The number of aromatic amines is 1. The number of carbonyl (C=O) groups is 1. The number of hydrazine groups is 1. The Hall–Kier alpha value is -2.19. The van der Waals surface area contributed by atoms with Gasteiger partial charge in [0.15, 0.2) is 0 Å². The Kier molecular flexibility index (Phi) is 3.70. The Morgan fingerprint density at radius 1 is 1.56 bits per heavy atom. The summed E-state index contributed by atoms with van der Waals surface area (Å²) in [7, 11) is 0. The van der Waals surface area contributed by atoms with Gasteiger partial charge in [-0.3, -0.25) is 20.4 Å². The van der Waals surface area contributed by atoms with Crippen LogP contribution in [0, 0.1) is 0 Å². The van der Waals surface area contributed by atoms with Gasteiger partial charge in [-0.1, -0.05) is 11.3 Å². The summed E-state index contributed by atoms with van der Waals surface area (Å²) >= 11 is 1.05. The average Bonchev–Trinajstić information content (AvgIpc) is 2.82. The maximum absolute atomic E-state index is 11.8. The maximum atomic E-state index is 11.8. The molecule has 0 aromatic carbocycles. The first-order valence-corrected chi connectivity index (χ1v) is 5.94. The first kappa shape index (κ1) is 12.3. The monoisotopic (exact) mass is 265 g/mol. The number of amides is 1. The van der Waals surface area contributed by atoms with Crippen molar-refractivity contribution in [1.29, 1.82) is 0 Å². The van der Waals surface area contributed by atoms with Crippen molar-refractivity contribution < 1.29 is 4.79 Å². The maximum Gasteiger partial charge on any atom is 0.304 e. The molecule has 94 valence electrons. The molecule has 2 aromatic heterocycles. The van der Waals surface area contributed by atoms with E-state index in [-0.39, 0.29) is 23.0 Å². The molecule has 0 saturated carbocycles. The molecular formula is C10H11N5O2S. The van der Waals surface area contributed by atoms with Crippen LogP contribution >= 0.6 is 11.3 Å². The summed E-state index contributed by atoms with van der Waals surface area (Å²) in [5.74, 6) is 4.90. The highest BCUT2D eigenvalue weighted by molar-refractivity contribution is 7.07. The zero-order valence-electron chi connectivity index (χ0n) is 9.27. The number of hydrogen-bond donors (Lipinski definition) is 4. The second-order valence-corrected chi connectivity index (χ2v) is 4.27. The molecule has 0 spiro atoms. The van der Waals surface area contributed by atoms with Gasteiger partial charge in [0.2, 0.25) is 0 Å². The number of aromatic nitrogens is 2. The first-order valence-electron chi connectivity index (χ1n) is 5.06. The molecule has 0 aliphatic heterocycles. The quantitative estimate of drug-likeness (QED) is 0.461. The van der Waals surface area contributed by atoms with Crippen LogP contribution in [-0.2, 0) is 6.54 Å². The second kappa shape index (κ2) is 5.43. The van der Waals surface area contributed by atoms with Gasteiger partial charge in [-0.05, 0) is 12.1 Å². The average molecular weight is 265 g/mol. The smallest absolute Gasteiger partial charge is 0.304 e. The first-order chi connectivity index (χ1) is 8.69. The number of H-pyrrole nitrogens is 1. The molecule has 0 aliphatic rings. The lowest BCUT2D eigenvalue weighted by atomic mass is 10.3. The van der Waals surface area contributed by atoms with Crippen molar-refractivity contribution in [2.24, 2.45) is 5.84 Å². The Balaban J connectivity index is 2.01. The summed E-state index contributed by atoms with van der Waals surface area (Å²) in [6.45, 7) is 0.250. The summed E-state index contributed by atoms with van der Waals surface area (Å²) in [4.78, 5) is 29.0. The van der Waals surface area contributed by atoms with Gasteiger partial charge in [-0.15, -0.1) is 0 Å². The molecule has 18 heavy (non-hydrogen) atoms. The fourth-order valence-corrected chi connectivity index (χ4v) is 1.89. The molecule has 0 unspecified atom stereocenters. The van der Waals surface area contributed by atoms with E-state index >= 15 is 0 Å². The third kappa shape index (κ3) is 2.93. The van der Waals surface area contributed by atoms with Gasteiger partial charge in [0.25, 0.3) is 5.91 Å². The van der Waals surface area contributed by atoms with Crippen molar-refractivity contribution >= 4 is 22.9 Å². The molecule has 0 fully saturated rings. The molecule has 0 saturated heterocycles. The summed E-state index contributed by atoms with van der Waals surface area (Å²) in [5, 5.41) is 4.31. The van der Waals surface area contributed by atoms with E-state index < -0.39 is 0 Å². The molecule has 1 amide bonds. The number of nitrogen functional groups attached to an aromatic ring is 1. The molecule has 0 atom stereocenters. The molecule has 0 aliphatic carbocycles. The molecule has 0 radical (unpaired) electrons. The van der Waals surface area contributed by atoms with Crippen LogP contribution in [0.4, 0.5) is 5.69 Å². The molecule has 2 rings (SSSR count). The van der Waals surface area contributed by atoms with Gasteiger partial charge in [0.05, 0.1) is 12.2 Å². The van der Waals surface area contributed by atoms with E-state index in [0.29, 0.717) is 11.4 Å². The number of nitrogens with one attached hydrogen (secondary N) is 3. The minimum absolute atomic E-state index is 0.147. The third-order valence-electron chi connectivity index (χ3n) is 2.17. The Morgan fingerprint density at radius 2 is 2.39 bits per heavy atom. The zero-order valence-corrected chi connectivity index (χ0v) is 10.1. The van der Waals surface area contributed by atoms with E-state index in [1.807, 2.05) is 0 Å². The fourth-order valence-electron chi connectivity index (χ4n) is 1.31. The van der Waals surface area contributed by atoms with Crippen LogP contribution in [0.1, 0.15) is 16.2 Å². The number of rotatable bonds is 4. The molecular weight excluding hydrogens is 254 g/mol. The fraction of sp³-hybridized carbons (Fsp3) is 0.100. The van der Waals surface area contributed by atoms with Crippen molar-refractivity contribution in [2.75, 3.05) is 5.43 Å². The minimum atomic E-state index is -0.334. The number of nitrogens with two attached hydrogens (primary N) is 1. The van der Waals surface area contributed by atoms with E-state index in [0.717, 1.165) is 11.3 Å². The highest BCUT2D eigenvalue weighted by Gasteiger charge is 2.07. The highest BCUT2D eigenvalue weighted by atomic mass is 32.1. The van der Waals surface area contributed by atoms with Crippen LogP contribution in [-0.4, -0.2) is 15.9 Å². The largest absolute Gasteiger partial charge is 0.345 e. The Bertz CT molecular complexity index is 606. The lowest BCUT2D eigenvalue weighted by Gasteiger charge is -2.04. The number of nitrogens with zero attached hydrogens (tertiary/aromatic N) is 1. The number of pyridine rings is 1. The minimum Gasteiger partial charge on any atom is -0.345 e. The number of anilines is 1. The van der Waals surface area contributed by atoms with Gasteiger partial charge >= 0.3 is 4.87 Å². The lowest BCUT2D eigenvalue weighted by molar-refractivity contribution is 0.0945. The van der Waals surface area contributed by atoms with Crippen LogP contribution in [0.15, 0.2) is 28.5 Å². The van der Waals surface area contributed by atoms with Gasteiger partial charge in [0.1, 0.15) is 5.69 Å². The van der Waals surface area contributed by atoms with Crippen molar-refractivity contribution in [2.45, 2.75) is 6.54 Å². The summed E-state index contributed by atoms with van der Waals surface area (Å²) in [5.41, 5.74) is 3.94. The summed E-state index contributed by atoms with van der Waals surface area (Å²) in [6, 6.07) is 3.18. The van der Waals surface area contributed by atoms with Crippen molar-refractivity contribution in [3.8, 4) is 0 Å². The molecule has 8 heteroatoms. The zero-order chi connectivity index (χ0) is 13.0. The van der Waals surface area contributed by atoms with E-state index in [1.54, 1.807) is 11.4 Å². The van der Waals surface area contributed by atoms with Crippen molar-refractivity contribution in [3.63, 3.8) is 0 Å². The van der Waals surface area contributed by atoms with Crippen molar-refractivity contribution in [3.05, 3.63) is 44.8 Å². The van der Waals surface area contributed by atoms with Crippen LogP contribution in [0.3, 0.4) is 0 Å². The van der Waals surface area contributed by atoms with E-state index in [4.69, 9.17) is 5.84 Å². The SMILES string of the molecule is NNc1ccnc(C(=O)NCc2csc(=O)[nH]2)c1. The Morgan fingerprint density at radius 3 is 3.06 bits per heavy atom. The van der Waals surface area contributed by atoms with Gasteiger partial charge < -0.3 is 15.7 Å². The molecule has 7 nitrogen and oxygen atoms in total. The van der Waals surface area contributed by atoms with E-state index in [2.05, 4.69) is 20.7 Å². The van der Waals surface area contributed by atoms with Gasteiger partial charge in [-0.25, -0.2) is 0 Å². The lowest BCUT2D eigenvalue weighted by Crippen LogP contribution is -2.24. The molecule has 2 aromatic rings. The van der Waals surface area contributed by atoms with Crippen LogP contribution in [0.25, 0.3) is 0 Å². The van der Waals surface area contributed by atoms with E-state index in [9.17, 15) is 9.59 Å². The topological polar surface area (TPSA) is 113 Å². The number of thiazole rings is 1. The Labute approximate surface area is 106 Å². The van der Waals surface area contributed by atoms with Gasteiger partial charge in [-0.2, -0.15) is 0 Å². The van der Waals surface area contributed by atoms with Crippen LogP contribution in [0.5, 0.6) is 0 Å². The molecule has 2 heterocycles. The van der Waals surface area contributed by atoms with E-state index in [1.165, 1.54) is 12.3 Å².